The first kappa shape index (κ1) is 12.1. The summed E-state index contributed by atoms with van der Waals surface area (Å²) in [6.07, 6.45) is 0. The third kappa shape index (κ3) is 3.54. The van der Waals surface area contributed by atoms with Crippen molar-refractivity contribution >= 4 is 5.91 Å². The highest BCUT2D eigenvalue weighted by Crippen LogP contribution is 2.03. The Labute approximate surface area is 102 Å². The first-order chi connectivity index (χ1) is 8.25. The van der Waals surface area contributed by atoms with E-state index >= 15 is 0 Å². The van der Waals surface area contributed by atoms with Crippen LogP contribution >= 0.6 is 0 Å². The molecule has 1 heterocycles. The lowest BCUT2D eigenvalue weighted by atomic mass is 10.1. The van der Waals surface area contributed by atoms with Crippen LogP contribution in [0.15, 0.2) is 24.3 Å². The van der Waals surface area contributed by atoms with Gasteiger partial charge in [0.05, 0.1) is 6.67 Å². The van der Waals surface area contributed by atoms with Gasteiger partial charge in [0, 0.05) is 31.7 Å². The van der Waals surface area contributed by atoms with Gasteiger partial charge in [-0.25, -0.2) is 0 Å². The summed E-state index contributed by atoms with van der Waals surface area (Å²) in [5.74, 6) is 0.00670. The molecule has 1 aliphatic rings. The van der Waals surface area contributed by atoms with Gasteiger partial charge in [0.15, 0.2) is 0 Å². The van der Waals surface area contributed by atoms with Crippen molar-refractivity contribution in [2.45, 2.75) is 6.92 Å². The third-order valence-electron chi connectivity index (χ3n) is 2.95. The number of rotatable bonds is 3. The Kier molecular flexibility index (Phi) is 4.12. The minimum Gasteiger partial charge on any atom is -0.339 e. The van der Waals surface area contributed by atoms with Crippen molar-refractivity contribution in [2.24, 2.45) is 0 Å². The molecule has 2 N–H and O–H groups in total. The Bertz CT molecular complexity index is 386. The average molecular weight is 233 g/mol. The fourth-order valence-electron chi connectivity index (χ4n) is 1.94. The maximum atomic E-state index is 11.9. The summed E-state index contributed by atoms with van der Waals surface area (Å²) >= 11 is 0. The van der Waals surface area contributed by atoms with Crippen LogP contribution in [0.5, 0.6) is 0 Å². The van der Waals surface area contributed by atoms with Crippen LogP contribution in [0.25, 0.3) is 0 Å². The highest BCUT2D eigenvalue weighted by Gasteiger charge is 2.11. The van der Waals surface area contributed by atoms with Crippen LogP contribution in [0, 0.1) is 6.92 Å². The van der Waals surface area contributed by atoms with Crippen molar-refractivity contribution in [1.82, 2.24) is 15.5 Å². The number of aryl methyl sites for hydroxylation is 1. The monoisotopic (exact) mass is 233 g/mol. The molecule has 4 nitrogen and oxygen atoms in total. The number of piperazine rings is 1. The predicted octanol–water partition coefficient (Wildman–Crippen LogP) is 0.588. The van der Waals surface area contributed by atoms with E-state index in [2.05, 4.69) is 15.5 Å². The summed E-state index contributed by atoms with van der Waals surface area (Å²) in [6, 6.07) is 7.66. The molecule has 4 heteroatoms. The standard InChI is InChI=1S/C13H19N3O/c1-11-3-2-4-12(9-11)13(17)15-10-16-7-5-14-6-8-16/h2-4,9,14H,5-8,10H2,1H3,(H,15,17). The number of hydrogen-bond donors (Lipinski definition) is 2. The summed E-state index contributed by atoms with van der Waals surface area (Å²) in [5, 5.41) is 6.24. The molecule has 0 bridgehead atoms. The molecule has 1 saturated heterocycles. The van der Waals surface area contributed by atoms with Crippen LogP contribution in [-0.2, 0) is 0 Å². The maximum Gasteiger partial charge on any atom is 0.252 e. The molecule has 1 aromatic rings. The second-order valence-corrected chi connectivity index (χ2v) is 4.40. The first-order valence-electron chi connectivity index (χ1n) is 6.03. The fraction of sp³-hybridized carbons (Fsp3) is 0.462. The van der Waals surface area contributed by atoms with E-state index in [1.165, 1.54) is 0 Å². The third-order valence-corrected chi connectivity index (χ3v) is 2.95. The van der Waals surface area contributed by atoms with Gasteiger partial charge in [0.1, 0.15) is 0 Å². The molecule has 0 radical (unpaired) electrons. The Morgan fingerprint density at radius 1 is 1.41 bits per heavy atom. The number of nitrogens with one attached hydrogen (secondary N) is 2. The molecular formula is C13H19N3O. The molecule has 0 saturated carbocycles. The summed E-state index contributed by atoms with van der Waals surface area (Å²) < 4.78 is 0. The van der Waals surface area contributed by atoms with Crippen LogP contribution < -0.4 is 10.6 Å². The molecule has 1 fully saturated rings. The average Bonchev–Trinajstić information content (AvgIpc) is 2.37. The zero-order valence-electron chi connectivity index (χ0n) is 10.2. The minimum atomic E-state index is 0.00670. The molecule has 1 amide bonds. The van der Waals surface area contributed by atoms with Crippen molar-refractivity contribution in [2.75, 3.05) is 32.8 Å². The van der Waals surface area contributed by atoms with Crippen molar-refractivity contribution in [3.8, 4) is 0 Å². The topological polar surface area (TPSA) is 44.4 Å². The molecule has 2 rings (SSSR count). The quantitative estimate of drug-likeness (QED) is 0.803. The van der Waals surface area contributed by atoms with Crippen molar-refractivity contribution in [3.05, 3.63) is 35.4 Å². The molecule has 0 atom stereocenters. The van der Waals surface area contributed by atoms with Crippen LogP contribution in [-0.4, -0.2) is 43.7 Å². The number of hydrogen-bond acceptors (Lipinski definition) is 3. The summed E-state index contributed by atoms with van der Waals surface area (Å²) in [4.78, 5) is 14.1. The highest BCUT2D eigenvalue weighted by atomic mass is 16.1. The van der Waals surface area contributed by atoms with E-state index in [9.17, 15) is 4.79 Å². The predicted molar refractivity (Wildman–Crippen MR) is 68.0 cm³/mol. The Hall–Kier alpha value is -1.39. The smallest absolute Gasteiger partial charge is 0.252 e. The van der Waals surface area contributed by atoms with Crippen molar-refractivity contribution in [1.29, 1.82) is 0 Å². The fourth-order valence-corrected chi connectivity index (χ4v) is 1.94. The minimum absolute atomic E-state index is 0.00670. The van der Waals surface area contributed by atoms with Crippen molar-refractivity contribution in [3.63, 3.8) is 0 Å². The molecule has 0 unspecified atom stereocenters. The molecule has 0 aliphatic carbocycles. The summed E-state index contributed by atoms with van der Waals surface area (Å²) in [7, 11) is 0. The summed E-state index contributed by atoms with van der Waals surface area (Å²) in [5.41, 5.74) is 1.85. The van der Waals surface area contributed by atoms with Gasteiger partial charge in [-0.2, -0.15) is 0 Å². The second kappa shape index (κ2) is 5.80. The molecule has 1 aliphatic heterocycles. The number of nitrogens with zero attached hydrogens (tertiary/aromatic N) is 1. The van der Waals surface area contributed by atoms with Gasteiger partial charge in [-0.3, -0.25) is 9.69 Å². The molecule has 0 aromatic heterocycles. The number of carbonyl (C=O) groups excluding carboxylic acids is 1. The lowest BCUT2D eigenvalue weighted by molar-refractivity contribution is 0.0917. The first-order valence-corrected chi connectivity index (χ1v) is 6.03. The van der Waals surface area contributed by atoms with Crippen LogP contribution in [0.1, 0.15) is 15.9 Å². The van der Waals surface area contributed by atoms with Gasteiger partial charge in [-0.15, -0.1) is 0 Å². The zero-order chi connectivity index (χ0) is 12.1. The van der Waals surface area contributed by atoms with Gasteiger partial charge >= 0.3 is 0 Å². The van der Waals surface area contributed by atoms with Gasteiger partial charge < -0.3 is 10.6 Å². The summed E-state index contributed by atoms with van der Waals surface area (Å²) in [6.45, 7) is 6.62. The highest BCUT2D eigenvalue weighted by molar-refractivity contribution is 5.94. The largest absolute Gasteiger partial charge is 0.339 e. The molecular weight excluding hydrogens is 214 g/mol. The van der Waals surface area contributed by atoms with E-state index in [-0.39, 0.29) is 5.91 Å². The van der Waals surface area contributed by atoms with Crippen LogP contribution in [0.4, 0.5) is 0 Å². The van der Waals surface area contributed by atoms with Gasteiger partial charge in [0.25, 0.3) is 5.91 Å². The van der Waals surface area contributed by atoms with Gasteiger partial charge in [-0.1, -0.05) is 17.7 Å². The zero-order valence-corrected chi connectivity index (χ0v) is 10.2. The molecule has 17 heavy (non-hydrogen) atoms. The van der Waals surface area contributed by atoms with E-state index < -0.39 is 0 Å². The van der Waals surface area contributed by atoms with Crippen molar-refractivity contribution < 1.29 is 4.79 Å². The van der Waals surface area contributed by atoms with Gasteiger partial charge in [0.2, 0.25) is 0 Å². The Morgan fingerprint density at radius 2 is 2.18 bits per heavy atom. The van der Waals surface area contributed by atoms with E-state index in [0.717, 1.165) is 37.3 Å². The van der Waals surface area contributed by atoms with E-state index in [4.69, 9.17) is 0 Å². The van der Waals surface area contributed by atoms with E-state index in [1.54, 1.807) is 0 Å². The number of carbonyl (C=O) groups is 1. The Morgan fingerprint density at radius 3 is 2.88 bits per heavy atom. The number of amides is 1. The van der Waals surface area contributed by atoms with Gasteiger partial charge in [-0.05, 0) is 19.1 Å². The van der Waals surface area contributed by atoms with E-state index in [1.807, 2.05) is 31.2 Å². The Balaban J connectivity index is 1.84. The second-order valence-electron chi connectivity index (χ2n) is 4.40. The normalized spacial score (nSPS) is 16.8. The van der Waals surface area contributed by atoms with Crippen LogP contribution in [0.2, 0.25) is 0 Å². The maximum absolute atomic E-state index is 11.9. The van der Waals surface area contributed by atoms with Crippen LogP contribution in [0.3, 0.4) is 0 Å². The molecule has 0 spiro atoms. The molecule has 1 aromatic carbocycles. The van der Waals surface area contributed by atoms with E-state index in [0.29, 0.717) is 6.67 Å². The molecule has 92 valence electrons. The SMILES string of the molecule is Cc1cccc(C(=O)NCN2CCNCC2)c1. The number of benzene rings is 1. The lowest BCUT2D eigenvalue weighted by Gasteiger charge is -2.27. The lowest BCUT2D eigenvalue weighted by Crippen LogP contribution is -2.48.